The fourth-order valence-electron chi connectivity index (χ4n) is 2.28. The monoisotopic (exact) mass is 332 g/mol. The van der Waals surface area contributed by atoms with Gasteiger partial charge in [-0.15, -0.1) is 0 Å². The molecule has 0 aromatic heterocycles. The highest BCUT2D eigenvalue weighted by Crippen LogP contribution is 2.32. The summed E-state index contributed by atoms with van der Waals surface area (Å²) in [5, 5.41) is 10.7. The summed E-state index contributed by atoms with van der Waals surface area (Å²) >= 11 is 0. The minimum atomic E-state index is -0.618. The van der Waals surface area contributed by atoms with Crippen molar-refractivity contribution in [2.45, 2.75) is 44.9 Å². The predicted octanol–water partition coefficient (Wildman–Crippen LogP) is 1.19. The molecule has 1 aliphatic carbocycles. The Kier molecular flexibility index (Phi) is 4.28. The predicted molar refractivity (Wildman–Crippen MR) is 87.9 cm³/mol. The molecule has 8 nitrogen and oxygen atoms in total. The van der Waals surface area contributed by atoms with Crippen LogP contribution >= 0.6 is 0 Å². The highest BCUT2D eigenvalue weighted by atomic mass is 16.5. The van der Waals surface area contributed by atoms with E-state index in [0.717, 1.165) is 12.8 Å². The van der Waals surface area contributed by atoms with Gasteiger partial charge >= 0.3 is 6.03 Å². The third kappa shape index (κ3) is 3.76. The summed E-state index contributed by atoms with van der Waals surface area (Å²) in [6.07, 6.45) is 1.37. The average Bonchev–Trinajstić information content (AvgIpc) is 3.32. The van der Waals surface area contributed by atoms with Gasteiger partial charge in [0, 0.05) is 11.7 Å². The first-order valence-electron chi connectivity index (χ1n) is 7.92. The van der Waals surface area contributed by atoms with E-state index in [-0.39, 0.29) is 11.9 Å². The fourth-order valence-corrected chi connectivity index (χ4v) is 2.28. The summed E-state index contributed by atoms with van der Waals surface area (Å²) in [6.45, 7) is 3.32. The number of nitrogens with one attached hydrogen (secondary N) is 4. The number of anilines is 2. The fraction of sp³-hybridized carbons (Fsp3) is 0.438. The summed E-state index contributed by atoms with van der Waals surface area (Å²) in [5.74, 6) is -0.0736. The quantitative estimate of drug-likeness (QED) is 0.662. The minimum Gasteiger partial charge on any atom is -0.479 e. The number of carbonyl (C=O) groups excluding carboxylic acids is 3. The summed E-state index contributed by atoms with van der Waals surface area (Å²) in [4.78, 5) is 35.2. The second-order valence-electron chi connectivity index (χ2n) is 6.06. The molecule has 8 heteroatoms. The molecule has 1 saturated carbocycles. The van der Waals surface area contributed by atoms with E-state index in [1.807, 2.05) is 0 Å². The topological polar surface area (TPSA) is 109 Å². The number of amides is 4. The first kappa shape index (κ1) is 16.1. The highest BCUT2D eigenvalue weighted by Gasteiger charge is 2.26. The van der Waals surface area contributed by atoms with Gasteiger partial charge < -0.3 is 20.7 Å². The van der Waals surface area contributed by atoms with E-state index >= 15 is 0 Å². The van der Waals surface area contributed by atoms with Crippen molar-refractivity contribution in [3.05, 3.63) is 18.2 Å². The van der Waals surface area contributed by atoms with Gasteiger partial charge in [0.15, 0.2) is 6.10 Å². The van der Waals surface area contributed by atoms with Crippen molar-refractivity contribution >= 4 is 29.2 Å². The van der Waals surface area contributed by atoms with E-state index in [2.05, 4.69) is 21.3 Å². The van der Waals surface area contributed by atoms with E-state index in [1.54, 1.807) is 32.0 Å². The Labute approximate surface area is 139 Å². The van der Waals surface area contributed by atoms with Crippen LogP contribution in [0.4, 0.5) is 16.2 Å². The number of rotatable bonds is 4. The third-order valence-electron chi connectivity index (χ3n) is 3.84. The van der Waals surface area contributed by atoms with Crippen LogP contribution in [0.2, 0.25) is 0 Å². The third-order valence-corrected chi connectivity index (χ3v) is 3.84. The lowest BCUT2D eigenvalue weighted by Crippen LogP contribution is -2.46. The summed E-state index contributed by atoms with van der Waals surface area (Å²) in [7, 11) is 0. The molecule has 1 aromatic rings. The molecule has 0 bridgehead atoms. The normalized spacial score (nSPS) is 20.1. The van der Waals surface area contributed by atoms with E-state index in [4.69, 9.17) is 4.74 Å². The largest absolute Gasteiger partial charge is 0.479 e. The highest BCUT2D eigenvalue weighted by molar-refractivity contribution is 5.99. The molecule has 0 radical (unpaired) electrons. The van der Waals surface area contributed by atoms with Crippen molar-refractivity contribution in [2.75, 3.05) is 10.6 Å². The van der Waals surface area contributed by atoms with E-state index < -0.39 is 24.1 Å². The number of imide groups is 1. The molecule has 2 aliphatic rings. The Bertz CT molecular complexity index is 687. The minimum absolute atomic E-state index is 0.188. The van der Waals surface area contributed by atoms with Gasteiger partial charge in [0.05, 0.1) is 5.69 Å². The smallest absolute Gasteiger partial charge is 0.321 e. The van der Waals surface area contributed by atoms with Gasteiger partial charge in [-0.3, -0.25) is 14.9 Å². The average molecular weight is 332 g/mol. The molecule has 1 fully saturated rings. The van der Waals surface area contributed by atoms with Crippen molar-refractivity contribution < 1.29 is 19.1 Å². The van der Waals surface area contributed by atoms with Gasteiger partial charge in [0.25, 0.3) is 5.91 Å². The number of hydrogen-bond donors (Lipinski definition) is 4. The molecule has 3 rings (SSSR count). The lowest BCUT2D eigenvalue weighted by atomic mass is 10.2. The van der Waals surface area contributed by atoms with Gasteiger partial charge in [-0.1, -0.05) is 0 Å². The molecule has 4 amide bonds. The SMILES string of the molecule is C[C@@H](Nc1ccc2c(c1)NC(=O)[C@@H](C)O2)C(=O)NC(=O)NC1CC1. The van der Waals surface area contributed by atoms with Gasteiger partial charge in [0.2, 0.25) is 5.91 Å². The lowest BCUT2D eigenvalue weighted by Gasteiger charge is -2.24. The molecule has 4 N–H and O–H groups in total. The van der Waals surface area contributed by atoms with Gasteiger partial charge in [-0.25, -0.2) is 4.79 Å². The van der Waals surface area contributed by atoms with Crippen molar-refractivity contribution in [1.82, 2.24) is 10.6 Å². The molecule has 0 saturated heterocycles. The van der Waals surface area contributed by atoms with Crippen LogP contribution in [0.3, 0.4) is 0 Å². The first-order chi connectivity index (χ1) is 11.4. The zero-order valence-electron chi connectivity index (χ0n) is 13.5. The van der Waals surface area contributed by atoms with Crippen LogP contribution in [0.5, 0.6) is 5.75 Å². The van der Waals surface area contributed by atoms with Crippen LogP contribution in [-0.2, 0) is 9.59 Å². The van der Waals surface area contributed by atoms with Crippen LogP contribution in [0.15, 0.2) is 18.2 Å². The van der Waals surface area contributed by atoms with Crippen LogP contribution in [0.25, 0.3) is 0 Å². The van der Waals surface area contributed by atoms with Gasteiger partial charge in [-0.05, 0) is 44.9 Å². The number of carbonyl (C=O) groups is 3. The summed E-state index contributed by atoms with van der Waals surface area (Å²) < 4.78 is 5.47. The maximum atomic E-state index is 12.0. The molecule has 128 valence electrons. The van der Waals surface area contributed by atoms with Crippen LogP contribution in [0, 0.1) is 0 Å². The molecule has 1 heterocycles. The standard InChI is InChI=1S/C16H20N4O4/c1-8(14(21)20-16(23)18-10-3-4-10)17-11-5-6-13-12(7-11)19-15(22)9(2)24-13/h5-10,17H,3-4H2,1-2H3,(H,19,22)(H2,18,20,21,23)/t8-,9-/m1/s1. The second-order valence-corrected chi connectivity index (χ2v) is 6.06. The Hall–Kier alpha value is -2.77. The molecule has 1 aliphatic heterocycles. The van der Waals surface area contributed by atoms with Crippen LogP contribution in [-0.4, -0.2) is 36.0 Å². The maximum absolute atomic E-state index is 12.0. The van der Waals surface area contributed by atoms with E-state index in [9.17, 15) is 14.4 Å². The van der Waals surface area contributed by atoms with Crippen molar-refractivity contribution in [1.29, 1.82) is 0 Å². The lowest BCUT2D eigenvalue weighted by molar-refractivity contribution is -0.123. The Morgan fingerprint density at radius 2 is 2.08 bits per heavy atom. The summed E-state index contributed by atoms with van der Waals surface area (Å²) in [6, 6.07) is 4.25. The number of hydrogen-bond acceptors (Lipinski definition) is 5. The number of urea groups is 1. The number of fused-ring (bicyclic) bond motifs is 1. The molecular formula is C16H20N4O4. The molecule has 0 spiro atoms. The Balaban J connectivity index is 1.58. The molecular weight excluding hydrogens is 312 g/mol. The van der Waals surface area contributed by atoms with E-state index in [1.165, 1.54) is 0 Å². The first-order valence-corrected chi connectivity index (χ1v) is 7.92. The molecule has 24 heavy (non-hydrogen) atoms. The van der Waals surface area contributed by atoms with Crippen molar-refractivity contribution in [2.24, 2.45) is 0 Å². The van der Waals surface area contributed by atoms with Crippen LogP contribution in [0.1, 0.15) is 26.7 Å². The summed E-state index contributed by atoms with van der Waals surface area (Å²) in [5.41, 5.74) is 1.18. The molecule has 1 aromatic carbocycles. The number of ether oxygens (including phenoxy) is 1. The van der Waals surface area contributed by atoms with Crippen LogP contribution < -0.4 is 26.0 Å². The zero-order valence-corrected chi connectivity index (χ0v) is 13.5. The maximum Gasteiger partial charge on any atom is 0.321 e. The van der Waals surface area contributed by atoms with Crippen molar-refractivity contribution in [3.8, 4) is 5.75 Å². The van der Waals surface area contributed by atoms with Crippen molar-refractivity contribution in [3.63, 3.8) is 0 Å². The van der Waals surface area contributed by atoms with E-state index in [0.29, 0.717) is 17.1 Å². The number of benzene rings is 1. The Morgan fingerprint density at radius 3 is 2.79 bits per heavy atom. The van der Waals surface area contributed by atoms with Gasteiger partial charge in [-0.2, -0.15) is 0 Å². The second kappa shape index (κ2) is 6.38. The Morgan fingerprint density at radius 1 is 1.33 bits per heavy atom. The van der Waals surface area contributed by atoms with Gasteiger partial charge in [0.1, 0.15) is 11.8 Å². The zero-order chi connectivity index (χ0) is 17.3. The molecule has 0 unspecified atom stereocenters. The molecule has 2 atom stereocenters.